The van der Waals surface area contributed by atoms with Gasteiger partial charge in [-0.05, 0) is 43.9 Å². The van der Waals surface area contributed by atoms with Gasteiger partial charge in [0.05, 0.1) is 5.69 Å². The lowest BCUT2D eigenvalue weighted by Crippen LogP contribution is -2.18. The topological polar surface area (TPSA) is 57.6 Å². The van der Waals surface area contributed by atoms with Crippen molar-refractivity contribution in [2.45, 2.75) is 32.5 Å². The van der Waals surface area contributed by atoms with E-state index < -0.39 is 6.36 Å². The standard InChI is InChI=1S/C23H24F3N3O2/c1-15-7-2-3-9-18(15)29-13-11-17-21(29)16-8-6-10-19(31-23(24,25)26)20(16)28-22(17)27-12-4-5-14-30/h2-3,6-10,30H,4-5,11-14H2,1H3,(H,27,28). The van der Waals surface area contributed by atoms with Crippen molar-refractivity contribution in [2.24, 2.45) is 0 Å². The molecule has 4 rings (SSSR count). The van der Waals surface area contributed by atoms with Crippen LogP contribution < -0.4 is 15.0 Å². The van der Waals surface area contributed by atoms with Crippen LogP contribution in [-0.2, 0) is 6.42 Å². The fourth-order valence-electron chi connectivity index (χ4n) is 4.07. The number of aromatic nitrogens is 1. The first kappa shape index (κ1) is 21.2. The van der Waals surface area contributed by atoms with Crippen molar-refractivity contribution in [2.75, 3.05) is 29.9 Å². The maximum Gasteiger partial charge on any atom is 0.573 e. The Hall–Kier alpha value is -3.00. The summed E-state index contributed by atoms with van der Waals surface area (Å²) in [6, 6.07) is 12.6. The fourth-order valence-corrected chi connectivity index (χ4v) is 4.07. The number of nitrogens with zero attached hydrogens (tertiary/aromatic N) is 2. The molecule has 8 heteroatoms. The average molecular weight is 431 g/mol. The number of hydrogen-bond acceptors (Lipinski definition) is 5. The molecule has 0 fully saturated rings. The third-order valence-corrected chi connectivity index (χ3v) is 5.41. The van der Waals surface area contributed by atoms with Gasteiger partial charge in [-0.2, -0.15) is 0 Å². The van der Waals surface area contributed by atoms with Gasteiger partial charge in [0, 0.05) is 36.3 Å². The number of nitrogens with one attached hydrogen (secondary N) is 1. The summed E-state index contributed by atoms with van der Waals surface area (Å²) >= 11 is 0. The van der Waals surface area contributed by atoms with Gasteiger partial charge in [-0.15, -0.1) is 13.2 Å². The number of anilines is 3. The molecule has 0 aliphatic carbocycles. The first-order valence-corrected chi connectivity index (χ1v) is 10.3. The van der Waals surface area contributed by atoms with Crippen LogP contribution in [-0.4, -0.2) is 36.1 Å². The lowest BCUT2D eigenvalue weighted by molar-refractivity contribution is -0.274. The number of halogens is 3. The van der Waals surface area contributed by atoms with Gasteiger partial charge >= 0.3 is 6.36 Å². The van der Waals surface area contributed by atoms with Gasteiger partial charge in [0.2, 0.25) is 0 Å². The number of fused-ring (bicyclic) bond motifs is 3. The van der Waals surface area contributed by atoms with Gasteiger partial charge in [-0.1, -0.05) is 30.3 Å². The molecule has 2 N–H and O–H groups in total. The zero-order chi connectivity index (χ0) is 22.0. The summed E-state index contributed by atoms with van der Waals surface area (Å²) in [5.74, 6) is 0.248. The molecule has 2 aromatic carbocycles. The molecule has 5 nitrogen and oxygen atoms in total. The minimum atomic E-state index is -4.81. The fraction of sp³-hybridized carbons (Fsp3) is 0.348. The summed E-state index contributed by atoms with van der Waals surface area (Å²) in [7, 11) is 0. The Kier molecular flexibility index (Phi) is 5.91. The number of aryl methyl sites for hydroxylation is 1. The zero-order valence-electron chi connectivity index (χ0n) is 17.2. The van der Waals surface area contributed by atoms with Crippen LogP contribution in [0.15, 0.2) is 42.5 Å². The molecular formula is C23H24F3N3O2. The molecule has 0 unspecified atom stereocenters. The van der Waals surface area contributed by atoms with E-state index in [0.29, 0.717) is 30.7 Å². The van der Waals surface area contributed by atoms with E-state index in [2.05, 4.69) is 19.9 Å². The van der Waals surface area contributed by atoms with E-state index >= 15 is 0 Å². The lowest BCUT2D eigenvalue weighted by atomic mass is 10.1. The van der Waals surface area contributed by atoms with E-state index in [4.69, 9.17) is 5.11 Å². The van der Waals surface area contributed by atoms with Crippen molar-refractivity contribution in [1.29, 1.82) is 0 Å². The summed E-state index contributed by atoms with van der Waals surface area (Å²) in [5.41, 5.74) is 4.10. The Bertz CT molecular complexity index is 1090. The monoisotopic (exact) mass is 431 g/mol. The van der Waals surface area contributed by atoms with Crippen LogP contribution in [0.1, 0.15) is 24.0 Å². The van der Waals surface area contributed by atoms with Crippen LogP contribution in [0.3, 0.4) is 0 Å². The second kappa shape index (κ2) is 8.63. The largest absolute Gasteiger partial charge is 0.573 e. The van der Waals surface area contributed by atoms with Crippen molar-refractivity contribution < 1.29 is 23.0 Å². The summed E-state index contributed by atoms with van der Waals surface area (Å²) in [5, 5.41) is 12.9. The highest BCUT2D eigenvalue weighted by Crippen LogP contribution is 2.45. The molecule has 164 valence electrons. The van der Waals surface area contributed by atoms with Crippen molar-refractivity contribution in [3.05, 3.63) is 53.6 Å². The van der Waals surface area contributed by atoms with Crippen molar-refractivity contribution in [3.63, 3.8) is 0 Å². The highest BCUT2D eigenvalue weighted by atomic mass is 19.4. The lowest BCUT2D eigenvalue weighted by Gasteiger charge is -2.24. The molecule has 2 heterocycles. The number of aliphatic hydroxyl groups is 1. The summed E-state index contributed by atoms with van der Waals surface area (Å²) < 4.78 is 43.4. The molecule has 0 saturated carbocycles. The van der Waals surface area contributed by atoms with Crippen molar-refractivity contribution in [3.8, 4) is 5.75 Å². The van der Waals surface area contributed by atoms with Crippen molar-refractivity contribution >= 4 is 28.1 Å². The smallest absolute Gasteiger partial charge is 0.403 e. The van der Waals surface area contributed by atoms with E-state index in [-0.39, 0.29) is 17.9 Å². The Morgan fingerprint density at radius 2 is 1.94 bits per heavy atom. The summed E-state index contributed by atoms with van der Waals surface area (Å²) in [6.07, 6.45) is -2.72. The van der Waals surface area contributed by atoms with Crippen LogP contribution >= 0.6 is 0 Å². The maximum atomic E-state index is 13.0. The number of alkyl halides is 3. The molecule has 0 radical (unpaired) electrons. The maximum absolute atomic E-state index is 13.0. The summed E-state index contributed by atoms with van der Waals surface area (Å²) in [4.78, 5) is 6.70. The quantitative estimate of drug-likeness (QED) is 0.496. The SMILES string of the molecule is Cc1ccccc1N1CCc2c(NCCCCO)nc3c(OC(F)(F)F)cccc3c21. The van der Waals surface area contributed by atoms with Crippen LogP contribution in [0.4, 0.5) is 30.4 Å². The predicted molar refractivity (Wildman–Crippen MR) is 115 cm³/mol. The Labute approximate surface area is 178 Å². The third kappa shape index (κ3) is 4.39. The predicted octanol–water partition coefficient (Wildman–Crippen LogP) is 5.32. The summed E-state index contributed by atoms with van der Waals surface area (Å²) in [6.45, 7) is 3.38. The Balaban J connectivity index is 1.87. The van der Waals surface area contributed by atoms with E-state index in [9.17, 15) is 13.2 Å². The van der Waals surface area contributed by atoms with Crippen LogP contribution in [0.25, 0.3) is 10.9 Å². The number of hydrogen-bond donors (Lipinski definition) is 2. The first-order valence-electron chi connectivity index (χ1n) is 10.3. The number of rotatable bonds is 7. The molecule has 0 atom stereocenters. The molecule has 0 amide bonds. The first-order chi connectivity index (χ1) is 14.9. The Morgan fingerprint density at radius 1 is 1.13 bits per heavy atom. The number of aliphatic hydroxyl groups excluding tert-OH is 1. The molecule has 3 aromatic rings. The molecule has 0 saturated heterocycles. The van der Waals surface area contributed by atoms with Crippen LogP contribution in [0, 0.1) is 6.92 Å². The number of pyridine rings is 1. The normalized spacial score (nSPS) is 13.5. The zero-order valence-corrected chi connectivity index (χ0v) is 17.2. The second-order valence-corrected chi connectivity index (χ2v) is 7.53. The number of para-hydroxylation sites is 2. The minimum Gasteiger partial charge on any atom is -0.403 e. The Morgan fingerprint density at radius 3 is 2.68 bits per heavy atom. The highest BCUT2D eigenvalue weighted by molar-refractivity contribution is 6.02. The van der Waals surface area contributed by atoms with Gasteiger partial charge in [0.15, 0.2) is 5.75 Å². The highest BCUT2D eigenvalue weighted by Gasteiger charge is 2.34. The molecule has 31 heavy (non-hydrogen) atoms. The van der Waals surface area contributed by atoms with Gasteiger partial charge in [-0.3, -0.25) is 0 Å². The van der Waals surface area contributed by atoms with Gasteiger partial charge in [0.1, 0.15) is 11.3 Å². The molecule has 0 spiro atoms. The van der Waals surface area contributed by atoms with E-state index in [1.54, 1.807) is 12.1 Å². The molecular weight excluding hydrogens is 407 g/mol. The van der Waals surface area contributed by atoms with E-state index in [1.807, 2.05) is 31.2 Å². The van der Waals surface area contributed by atoms with E-state index in [1.165, 1.54) is 6.07 Å². The molecule has 0 bridgehead atoms. The van der Waals surface area contributed by atoms with Gasteiger partial charge in [-0.25, -0.2) is 4.98 Å². The van der Waals surface area contributed by atoms with Crippen LogP contribution in [0.2, 0.25) is 0 Å². The second-order valence-electron chi connectivity index (χ2n) is 7.53. The number of unbranched alkanes of at least 4 members (excludes halogenated alkanes) is 1. The average Bonchev–Trinajstić information content (AvgIpc) is 3.16. The van der Waals surface area contributed by atoms with Crippen molar-refractivity contribution in [1.82, 2.24) is 4.98 Å². The van der Waals surface area contributed by atoms with Gasteiger partial charge in [0.25, 0.3) is 0 Å². The number of ether oxygens (including phenoxy) is 1. The van der Waals surface area contributed by atoms with Gasteiger partial charge < -0.3 is 20.1 Å². The number of benzene rings is 2. The molecule has 1 aliphatic rings. The molecule has 1 aliphatic heterocycles. The minimum absolute atomic E-state index is 0.0928. The van der Waals surface area contributed by atoms with E-state index in [0.717, 1.165) is 35.3 Å². The third-order valence-electron chi connectivity index (χ3n) is 5.41. The van der Waals surface area contributed by atoms with Crippen LogP contribution in [0.5, 0.6) is 5.75 Å². The molecule has 1 aromatic heterocycles.